The van der Waals surface area contributed by atoms with Crippen LogP contribution < -0.4 is 10.1 Å². The van der Waals surface area contributed by atoms with Crippen molar-refractivity contribution in [3.05, 3.63) is 33.9 Å². The monoisotopic (exact) mass is 222 g/mol. The van der Waals surface area contributed by atoms with Crippen molar-refractivity contribution < 1.29 is 9.66 Å². The molecule has 0 radical (unpaired) electrons. The van der Waals surface area contributed by atoms with Crippen molar-refractivity contribution in [1.82, 2.24) is 5.32 Å². The first-order valence-electron chi connectivity index (χ1n) is 5.25. The van der Waals surface area contributed by atoms with Gasteiger partial charge in [0.1, 0.15) is 5.75 Å². The van der Waals surface area contributed by atoms with E-state index in [1.807, 2.05) is 0 Å². The first-order valence-corrected chi connectivity index (χ1v) is 5.25. The number of nitro groups is 1. The molecule has 16 heavy (non-hydrogen) atoms. The summed E-state index contributed by atoms with van der Waals surface area (Å²) >= 11 is 0. The van der Waals surface area contributed by atoms with Gasteiger partial charge in [-0.15, -0.1) is 0 Å². The Hall–Kier alpha value is -1.62. The maximum absolute atomic E-state index is 11.0. The summed E-state index contributed by atoms with van der Waals surface area (Å²) in [5.41, 5.74) is 0.962. The third-order valence-electron chi connectivity index (χ3n) is 2.93. The molecule has 0 amide bonds. The number of hydrogen-bond acceptors (Lipinski definition) is 4. The number of methoxy groups -OCH3 is 1. The molecule has 1 atom stereocenters. The summed E-state index contributed by atoms with van der Waals surface area (Å²) in [5, 5.41) is 14.2. The van der Waals surface area contributed by atoms with Crippen molar-refractivity contribution >= 4 is 5.69 Å². The van der Waals surface area contributed by atoms with E-state index in [4.69, 9.17) is 4.74 Å². The molecule has 0 saturated carbocycles. The van der Waals surface area contributed by atoms with Gasteiger partial charge in [0, 0.05) is 18.0 Å². The van der Waals surface area contributed by atoms with E-state index in [9.17, 15) is 10.1 Å². The molecular formula is C11H14N2O3. The Bertz CT molecular complexity index is 400. The second kappa shape index (κ2) is 4.49. The van der Waals surface area contributed by atoms with Gasteiger partial charge < -0.3 is 10.1 Å². The Morgan fingerprint density at radius 2 is 2.38 bits per heavy atom. The van der Waals surface area contributed by atoms with Gasteiger partial charge in [0.25, 0.3) is 5.69 Å². The van der Waals surface area contributed by atoms with Crippen LogP contribution in [0, 0.1) is 10.1 Å². The number of hydrogen-bond donors (Lipinski definition) is 1. The average molecular weight is 222 g/mol. The summed E-state index contributed by atoms with van der Waals surface area (Å²) in [7, 11) is 1.51. The predicted molar refractivity (Wildman–Crippen MR) is 59.9 cm³/mol. The van der Waals surface area contributed by atoms with Gasteiger partial charge in [-0.3, -0.25) is 10.1 Å². The highest BCUT2D eigenvalue weighted by Gasteiger charge is 2.25. The van der Waals surface area contributed by atoms with Crippen molar-refractivity contribution in [3.8, 4) is 5.75 Å². The zero-order valence-electron chi connectivity index (χ0n) is 9.10. The largest absolute Gasteiger partial charge is 0.497 e. The number of benzene rings is 1. The Morgan fingerprint density at radius 3 is 2.94 bits per heavy atom. The lowest BCUT2D eigenvalue weighted by molar-refractivity contribution is -0.385. The SMILES string of the molecule is COc1ccc(C2CCNC2)c([N+](=O)[O-])c1. The third kappa shape index (κ3) is 1.99. The fraction of sp³-hybridized carbons (Fsp3) is 0.455. The highest BCUT2D eigenvalue weighted by Crippen LogP contribution is 2.33. The zero-order chi connectivity index (χ0) is 11.5. The van der Waals surface area contributed by atoms with Gasteiger partial charge in [-0.05, 0) is 25.1 Å². The molecular weight excluding hydrogens is 208 g/mol. The second-order valence-electron chi connectivity index (χ2n) is 3.87. The van der Waals surface area contributed by atoms with Gasteiger partial charge in [0.15, 0.2) is 0 Å². The topological polar surface area (TPSA) is 64.4 Å². The second-order valence-corrected chi connectivity index (χ2v) is 3.87. The van der Waals surface area contributed by atoms with Gasteiger partial charge in [-0.2, -0.15) is 0 Å². The highest BCUT2D eigenvalue weighted by atomic mass is 16.6. The molecule has 1 aliphatic heterocycles. The van der Waals surface area contributed by atoms with Gasteiger partial charge in [-0.1, -0.05) is 0 Å². The number of rotatable bonds is 3. The van der Waals surface area contributed by atoms with Crippen molar-refractivity contribution in [3.63, 3.8) is 0 Å². The van der Waals surface area contributed by atoms with Gasteiger partial charge in [-0.25, -0.2) is 0 Å². The summed E-state index contributed by atoms with van der Waals surface area (Å²) in [4.78, 5) is 10.6. The predicted octanol–water partition coefficient (Wildman–Crippen LogP) is 1.68. The van der Waals surface area contributed by atoms with E-state index in [1.165, 1.54) is 13.2 Å². The van der Waals surface area contributed by atoms with E-state index in [0.717, 1.165) is 25.1 Å². The Labute approximate surface area is 93.6 Å². The van der Waals surface area contributed by atoms with Crippen LogP contribution >= 0.6 is 0 Å². The maximum Gasteiger partial charge on any atom is 0.276 e. The standard InChI is InChI=1S/C11H14N2O3/c1-16-9-2-3-10(8-4-5-12-7-8)11(6-9)13(14)15/h2-3,6,8,12H,4-5,7H2,1H3. The van der Waals surface area contributed by atoms with Crippen LogP contribution in [0.5, 0.6) is 5.75 Å². The van der Waals surface area contributed by atoms with E-state index in [2.05, 4.69) is 5.32 Å². The lowest BCUT2D eigenvalue weighted by Gasteiger charge is -2.10. The number of ether oxygens (including phenoxy) is 1. The van der Waals surface area contributed by atoms with E-state index in [0.29, 0.717) is 5.75 Å². The van der Waals surface area contributed by atoms with E-state index in [1.54, 1.807) is 12.1 Å². The molecule has 1 N–H and O–H groups in total. The molecule has 0 aliphatic carbocycles. The summed E-state index contributed by atoms with van der Waals surface area (Å²) in [6.07, 6.45) is 0.952. The molecule has 1 heterocycles. The maximum atomic E-state index is 11.0. The minimum Gasteiger partial charge on any atom is -0.497 e. The van der Waals surface area contributed by atoms with Crippen LogP contribution in [0.15, 0.2) is 18.2 Å². The smallest absolute Gasteiger partial charge is 0.276 e. The molecule has 5 nitrogen and oxygen atoms in total. The molecule has 5 heteroatoms. The normalized spacial score (nSPS) is 19.7. The van der Waals surface area contributed by atoms with E-state index >= 15 is 0 Å². The molecule has 0 bridgehead atoms. The molecule has 1 saturated heterocycles. The molecule has 86 valence electrons. The van der Waals surface area contributed by atoms with Crippen LogP contribution in [-0.4, -0.2) is 25.1 Å². The average Bonchev–Trinajstić information content (AvgIpc) is 2.81. The van der Waals surface area contributed by atoms with Crippen LogP contribution in [0.2, 0.25) is 0 Å². The van der Waals surface area contributed by atoms with E-state index in [-0.39, 0.29) is 16.5 Å². The molecule has 1 aliphatic rings. The van der Waals surface area contributed by atoms with Gasteiger partial charge >= 0.3 is 0 Å². The minimum atomic E-state index is -0.337. The summed E-state index contributed by atoms with van der Waals surface area (Å²) in [6, 6.07) is 5.07. The van der Waals surface area contributed by atoms with Crippen molar-refractivity contribution in [2.75, 3.05) is 20.2 Å². The number of nitrogens with zero attached hydrogens (tertiary/aromatic N) is 1. The van der Waals surface area contributed by atoms with Crippen LogP contribution in [0.4, 0.5) is 5.69 Å². The summed E-state index contributed by atoms with van der Waals surface area (Å²) in [6.45, 7) is 1.74. The minimum absolute atomic E-state index is 0.160. The van der Waals surface area contributed by atoms with Gasteiger partial charge in [0.2, 0.25) is 0 Å². The summed E-state index contributed by atoms with van der Waals surface area (Å²) < 4.78 is 5.00. The fourth-order valence-electron chi connectivity index (χ4n) is 2.07. The fourth-order valence-corrected chi connectivity index (χ4v) is 2.07. The van der Waals surface area contributed by atoms with Crippen molar-refractivity contribution in [1.29, 1.82) is 0 Å². The first kappa shape index (κ1) is 10.9. The Morgan fingerprint density at radius 1 is 1.56 bits per heavy atom. The van der Waals surface area contributed by atoms with Gasteiger partial charge in [0.05, 0.1) is 18.1 Å². The zero-order valence-corrected chi connectivity index (χ0v) is 9.10. The Kier molecular flexibility index (Phi) is 3.05. The van der Waals surface area contributed by atoms with Crippen LogP contribution in [0.1, 0.15) is 17.9 Å². The lowest BCUT2D eigenvalue weighted by Crippen LogP contribution is -2.09. The van der Waals surface area contributed by atoms with E-state index < -0.39 is 0 Å². The molecule has 0 aromatic heterocycles. The van der Waals surface area contributed by atoms with Crippen LogP contribution in [-0.2, 0) is 0 Å². The molecule has 0 spiro atoms. The summed E-state index contributed by atoms with van der Waals surface area (Å²) in [5.74, 6) is 0.771. The van der Waals surface area contributed by atoms with Crippen molar-refractivity contribution in [2.45, 2.75) is 12.3 Å². The highest BCUT2D eigenvalue weighted by molar-refractivity contribution is 5.48. The third-order valence-corrected chi connectivity index (χ3v) is 2.93. The number of nitro benzene ring substituents is 1. The molecule has 1 aromatic rings. The Balaban J connectivity index is 2.39. The molecule has 1 unspecified atom stereocenters. The molecule has 1 aromatic carbocycles. The molecule has 2 rings (SSSR count). The van der Waals surface area contributed by atoms with Crippen molar-refractivity contribution in [2.24, 2.45) is 0 Å². The quantitative estimate of drug-likeness (QED) is 0.624. The molecule has 1 fully saturated rings. The first-order chi connectivity index (χ1) is 7.72. The van der Waals surface area contributed by atoms with Crippen LogP contribution in [0.3, 0.4) is 0 Å². The lowest BCUT2D eigenvalue weighted by atomic mass is 9.96. The van der Waals surface area contributed by atoms with Crippen LogP contribution in [0.25, 0.3) is 0 Å². The number of nitrogens with one attached hydrogen (secondary N) is 1.